The standard InChI is InChI=1S/C16H21F2NO/c17-12-6-5-7-13(18)14(12)15(20)16(8-1-2-9-16)19-10-3-4-11-19/h5-7,15,20H,1-4,8-11H2. The topological polar surface area (TPSA) is 23.5 Å². The van der Waals surface area contributed by atoms with E-state index >= 15 is 0 Å². The van der Waals surface area contributed by atoms with Crippen LogP contribution in [-0.2, 0) is 0 Å². The number of likely N-dealkylation sites (tertiary alicyclic amines) is 1. The molecule has 2 aliphatic rings. The Balaban J connectivity index is 1.99. The Morgan fingerprint density at radius 2 is 1.55 bits per heavy atom. The van der Waals surface area contributed by atoms with Crippen LogP contribution in [0.15, 0.2) is 18.2 Å². The molecule has 1 heterocycles. The van der Waals surface area contributed by atoms with Crippen molar-refractivity contribution in [3.8, 4) is 0 Å². The minimum atomic E-state index is -1.08. The largest absolute Gasteiger partial charge is 0.386 e. The SMILES string of the molecule is OC(c1c(F)cccc1F)C1(N2CCCC2)CCCC1. The molecule has 1 saturated heterocycles. The molecule has 110 valence electrons. The molecule has 1 atom stereocenters. The summed E-state index contributed by atoms with van der Waals surface area (Å²) in [5, 5.41) is 10.8. The van der Waals surface area contributed by atoms with Crippen molar-refractivity contribution in [3.63, 3.8) is 0 Å². The molecule has 1 aromatic carbocycles. The van der Waals surface area contributed by atoms with E-state index in [9.17, 15) is 13.9 Å². The maximum absolute atomic E-state index is 14.0. The molecule has 1 aliphatic heterocycles. The van der Waals surface area contributed by atoms with Gasteiger partial charge in [-0.05, 0) is 50.9 Å². The highest BCUT2D eigenvalue weighted by molar-refractivity contribution is 5.26. The van der Waals surface area contributed by atoms with Crippen LogP contribution in [0.1, 0.15) is 50.2 Å². The summed E-state index contributed by atoms with van der Waals surface area (Å²) in [6.45, 7) is 1.85. The third-order valence-electron chi connectivity index (χ3n) is 4.99. The van der Waals surface area contributed by atoms with Gasteiger partial charge in [-0.2, -0.15) is 0 Å². The van der Waals surface area contributed by atoms with Crippen LogP contribution >= 0.6 is 0 Å². The smallest absolute Gasteiger partial charge is 0.132 e. The second kappa shape index (κ2) is 5.41. The number of rotatable bonds is 3. The lowest BCUT2D eigenvalue weighted by molar-refractivity contribution is -0.0232. The van der Waals surface area contributed by atoms with Crippen molar-refractivity contribution in [1.29, 1.82) is 0 Å². The van der Waals surface area contributed by atoms with E-state index in [1.807, 2.05) is 0 Å². The molecule has 1 N–H and O–H groups in total. The van der Waals surface area contributed by atoms with Gasteiger partial charge in [0.15, 0.2) is 0 Å². The van der Waals surface area contributed by atoms with Crippen molar-refractivity contribution in [2.45, 2.75) is 50.2 Å². The Labute approximate surface area is 118 Å². The zero-order valence-electron chi connectivity index (χ0n) is 11.6. The average Bonchev–Trinajstić information content (AvgIpc) is 3.10. The van der Waals surface area contributed by atoms with E-state index in [1.54, 1.807) is 0 Å². The number of aliphatic hydroxyl groups is 1. The highest BCUT2D eigenvalue weighted by Crippen LogP contribution is 2.46. The second-order valence-corrected chi connectivity index (χ2v) is 6.04. The lowest BCUT2D eigenvalue weighted by Crippen LogP contribution is -2.50. The van der Waals surface area contributed by atoms with Gasteiger partial charge in [0.05, 0.1) is 11.1 Å². The molecule has 1 aliphatic carbocycles. The maximum Gasteiger partial charge on any atom is 0.132 e. The first-order chi connectivity index (χ1) is 9.65. The molecular formula is C16H21F2NO. The van der Waals surface area contributed by atoms with Crippen LogP contribution in [0.4, 0.5) is 8.78 Å². The van der Waals surface area contributed by atoms with Gasteiger partial charge in [-0.25, -0.2) is 8.78 Å². The molecule has 2 fully saturated rings. The first-order valence-corrected chi connectivity index (χ1v) is 7.52. The molecular weight excluding hydrogens is 260 g/mol. The molecule has 20 heavy (non-hydrogen) atoms. The molecule has 3 rings (SSSR count). The van der Waals surface area contributed by atoms with Gasteiger partial charge < -0.3 is 5.11 Å². The van der Waals surface area contributed by atoms with E-state index in [-0.39, 0.29) is 5.56 Å². The van der Waals surface area contributed by atoms with Crippen molar-refractivity contribution in [3.05, 3.63) is 35.4 Å². The molecule has 0 bridgehead atoms. The zero-order chi connectivity index (χ0) is 14.2. The van der Waals surface area contributed by atoms with Crippen LogP contribution in [0.25, 0.3) is 0 Å². The summed E-state index contributed by atoms with van der Waals surface area (Å²) in [5.41, 5.74) is -0.624. The summed E-state index contributed by atoms with van der Waals surface area (Å²) in [6, 6.07) is 3.81. The molecule has 1 saturated carbocycles. The molecule has 0 amide bonds. The second-order valence-electron chi connectivity index (χ2n) is 6.04. The third-order valence-corrected chi connectivity index (χ3v) is 4.99. The number of nitrogens with zero attached hydrogens (tertiary/aromatic N) is 1. The van der Waals surface area contributed by atoms with E-state index < -0.39 is 23.3 Å². The monoisotopic (exact) mass is 281 g/mol. The molecule has 2 nitrogen and oxygen atoms in total. The van der Waals surface area contributed by atoms with Crippen molar-refractivity contribution in [2.24, 2.45) is 0 Å². The van der Waals surface area contributed by atoms with E-state index in [0.717, 1.165) is 51.6 Å². The lowest BCUT2D eigenvalue weighted by Gasteiger charge is -2.43. The van der Waals surface area contributed by atoms with Crippen molar-refractivity contribution >= 4 is 0 Å². The summed E-state index contributed by atoms with van der Waals surface area (Å²) >= 11 is 0. The van der Waals surface area contributed by atoms with Crippen molar-refractivity contribution in [1.82, 2.24) is 4.90 Å². The summed E-state index contributed by atoms with van der Waals surface area (Å²) in [5.74, 6) is -1.27. The van der Waals surface area contributed by atoms with Crippen LogP contribution in [0.5, 0.6) is 0 Å². The third kappa shape index (κ3) is 2.15. The fourth-order valence-corrected chi connectivity index (χ4v) is 3.95. The predicted molar refractivity (Wildman–Crippen MR) is 73.3 cm³/mol. The van der Waals surface area contributed by atoms with Gasteiger partial charge in [0, 0.05) is 0 Å². The van der Waals surface area contributed by atoms with Crippen LogP contribution in [0, 0.1) is 11.6 Å². The van der Waals surface area contributed by atoms with Crippen LogP contribution in [-0.4, -0.2) is 28.6 Å². The van der Waals surface area contributed by atoms with Gasteiger partial charge in [-0.15, -0.1) is 0 Å². The first kappa shape index (κ1) is 14.0. The average molecular weight is 281 g/mol. The molecule has 0 radical (unpaired) electrons. The van der Waals surface area contributed by atoms with Gasteiger partial charge in [0.1, 0.15) is 17.7 Å². The van der Waals surface area contributed by atoms with E-state index in [0.29, 0.717) is 0 Å². The Kier molecular flexibility index (Phi) is 3.78. The number of aliphatic hydroxyl groups excluding tert-OH is 1. The minimum absolute atomic E-state index is 0.152. The summed E-state index contributed by atoms with van der Waals surface area (Å²) in [7, 11) is 0. The van der Waals surface area contributed by atoms with Crippen molar-refractivity contribution < 1.29 is 13.9 Å². The Hall–Kier alpha value is -1.00. The van der Waals surface area contributed by atoms with E-state index in [1.165, 1.54) is 18.2 Å². The summed E-state index contributed by atoms with van der Waals surface area (Å²) in [6.07, 6.45) is 4.81. The number of hydrogen-bond donors (Lipinski definition) is 1. The number of hydrogen-bond acceptors (Lipinski definition) is 2. The number of halogens is 2. The summed E-state index contributed by atoms with van der Waals surface area (Å²) < 4.78 is 28.0. The number of benzene rings is 1. The lowest BCUT2D eigenvalue weighted by atomic mass is 9.84. The Morgan fingerprint density at radius 3 is 2.10 bits per heavy atom. The molecule has 1 unspecified atom stereocenters. The van der Waals surface area contributed by atoms with Gasteiger partial charge in [0.25, 0.3) is 0 Å². The molecule has 4 heteroatoms. The fraction of sp³-hybridized carbons (Fsp3) is 0.625. The highest BCUT2D eigenvalue weighted by atomic mass is 19.1. The van der Waals surface area contributed by atoms with Crippen molar-refractivity contribution in [2.75, 3.05) is 13.1 Å². The van der Waals surface area contributed by atoms with E-state index in [4.69, 9.17) is 0 Å². The van der Waals surface area contributed by atoms with Crippen LogP contribution in [0.2, 0.25) is 0 Å². The highest BCUT2D eigenvalue weighted by Gasteiger charge is 2.48. The quantitative estimate of drug-likeness (QED) is 0.918. The maximum atomic E-state index is 14.0. The Bertz CT molecular complexity index is 459. The minimum Gasteiger partial charge on any atom is -0.386 e. The molecule has 0 spiro atoms. The van der Waals surface area contributed by atoms with Gasteiger partial charge in [0.2, 0.25) is 0 Å². The van der Waals surface area contributed by atoms with Gasteiger partial charge in [-0.1, -0.05) is 18.9 Å². The Morgan fingerprint density at radius 1 is 1.00 bits per heavy atom. The predicted octanol–water partition coefficient (Wildman–Crippen LogP) is 3.41. The van der Waals surface area contributed by atoms with Crippen LogP contribution < -0.4 is 0 Å². The van der Waals surface area contributed by atoms with Gasteiger partial charge >= 0.3 is 0 Å². The molecule has 1 aromatic rings. The van der Waals surface area contributed by atoms with Crippen LogP contribution in [0.3, 0.4) is 0 Å². The van der Waals surface area contributed by atoms with E-state index in [2.05, 4.69) is 4.90 Å². The normalized spacial score (nSPS) is 24.1. The zero-order valence-corrected chi connectivity index (χ0v) is 11.6. The summed E-state index contributed by atoms with van der Waals surface area (Å²) in [4.78, 5) is 2.26. The molecule has 0 aromatic heterocycles. The first-order valence-electron chi connectivity index (χ1n) is 7.52. The fourth-order valence-electron chi connectivity index (χ4n) is 3.95. The van der Waals surface area contributed by atoms with Gasteiger partial charge in [-0.3, -0.25) is 4.90 Å².